The van der Waals surface area contributed by atoms with Crippen LogP contribution in [0.15, 0.2) is 85.1 Å². The number of benzene rings is 4. The number of ketones is 1. The van der Waals surface area contributed by atoms with E-state index in [4.69, 9.17) is 14.2 Å². The lowest BCUT2D eigenvalue weighted by Gasteiger charge is -2.23. The number of methoxy groups -OCH3 is 2. The molecule has 1 aromatic heterocycles. The lowest BCUT2D eigenvalue weighted by molar-refractivity contribution is 0.0985. The third-order valence-corrected chi connectivity index (χ3v) is 9.52. The van der Waals surface area contributed by atoms with Crippen LogP contribution >= 0.6 is 7.37 Å². The summed E-state index contributed by atoms with van der Waals surface area (Å²) in [6, 6.07) is 23.1. The zero-order chi connectivity index (χ0) is 36.2. The number of rotatable bonds is 11. The monoisotopic (exact) mass is 695 g/mol. The van der Waals surface area contributed by atoms with E-state index in [0.29, 0.717) is 52.8 Å². The fraction of sp³-hybridized carbons (Fsp3) is 0.256. The number of amides is 2. The second kappa shape index (κ2) is 14.7. The van der Waals surface area contributed by atoms with Crippen molar-refractivity contribution in [2.24, 2.45) is 0 Å². The molecule has 0 aliphatic heterocycles. The molecule has 260 valence electrons. The summed E-state index contributed by atoms with van der Waals surface area (Å²) < 4.78 is 29.6. The number of urea groups is 1. The highest BCUT2D eigenvalue weighted by Gasteiger charge is 2.24. The van der Waals surface area contributed by atoms with Gasteiger partial charge in [-0.25, -0.2) is 4.79 Å². The smallest absolute Gasteiger partial charge is 0.323 e. The Hall–Kier alpha value is -5.18. The van der Waals surface area contributed by atoms with Crippen LogP contribution in [0.2, 0.25) is 0 Å². The molecule has 1 heterocycles. The highest BCUT2D eigenvalue weighted by atomic mass is 31.2. The Morgan fingerprint density at radius 2 is 1.58 bits per heavy atom. The number of anilines is 2. The summed E-state index contributed by atoms with van der Waals surface area (Å²) in [5.41, 5.74) is 3.60. The van der Waals surface area contributed by atoms with Gasteiger partial charge in [0, 0.05) is 48.2 Å². The van der Waals surface area contributed by atoms with Crippen LogP contribution in [0.5, 0.6) is 23.0 Å². The summed E-state index contributed by atoms with van der Waals surface area (Å²) in [7, 11) is -0.537. The number of pyridine rings is 1. The Morgan fingerprint density at radius 3 is 2.24 bits per heavy atom. The van der Waals surface area contributed by atoms with Crippen LogP contribution in [0.4, 0.5) is 16.2 Å². The Labute approximate surface area is 292 Å². The van der Waals surface area contributed by atoms with Crippen molar-refractivity contribution >= 4 is 46.6 Å². The largest absolute Gasteiger partial charge is 0.496 e. The molecule has 2 amide bonds. The number of ether oxygens (including phenoxy) is 3. The predicted molar refractivity (Wildman–Crippen MR) is 198 cm³/mol. The van der Waals surface area contributed by atoms with Gasteiger partial charge in [-0.05, 0) is 59.0 Å². The highest BCUT2D eigenvalue weighted by molar-refractivity contribution is 7.65. The van der Waals surface area contributed by atoms with Gasteiger partial charge in [-0.2, -0.15) is 0 Å². The van der Waals surface area contributed by atoms with E-state index in [1.165, 1.54) is 20.9 Å². The molecule has 0 aliphatic carbocycles. The number of nitrogens with one attached hydrogen (secondary N) is 2. The predicted octanol–water partition coefficient (Wildman–Crippen LogP) is 8.69. The standard InChI is InChI=1S/C39H42N3O7P/c1-8-33(43)30-21-25(39(2,3)4)22-32(37(30)48-6)42-38(44)41-31-14-15-34(29-12-10-9-11-28(29)31)49-27-17-18-40-26(23-27)19-24-13-16-36(50(7,45)46)35(20-24)47-5/h9-18,20-23H,8,19H2,1-7H3,(H,45,46)(H2,41,42,44). The van der Waals surface area contributed by atoms with Crippen LogP contribution < -0.4 is 30.1 Å². The number of carbonyl (C=O) groups is 2. The number of aromatic nitrogens is 1. The van der Waals surface area contributed by atoms with Crippen molar-refractivity contribution in [3.05, 3.63) is 107 Å². The molecular weight excluding hydrogens is 653 g/mol. The van der Waals surface area contributed by atoms with Gasteiger partial charge < -0.3 is 29.7 Å². The first-order chi connectivity index (χ1) is 23.7. The number of Topliss-reactive ketones (excluding diaryl/α,β-unsaturated/α-hetero) is 1. The maximum atomic E-state index is 13.4. The quantitative estimate of drug-likeness (QED) is 0.0923. The molecule has 50 heavy (non-hydrogen) atoms. The third-order valence-electron chi connectivity index (χ3n) is 8.25. The summed E-state index contributed by atoms with van der Waals surface area (Å²) in [5.74, 6) is 1.74. The van der Waals surface area contributed by atoms with E-state index in [9.17, 15) is 19.0 Å². The van der Waals surface area contributed by atoms with Crippen LogP contribution in [-0.2, 0) is 16.4 Å². The molecule has 4 aromatic carbocycles. The Morgan fingerprint density at radius 1 is 0.860 bits per heavy atom. The molecule has 11 heteroatoms. The minimum Gasteiger partial charge on any atom is -0.496 e. The van der Waals surface area contributed by atoms with Crippen LogP contribution in [-0.4, -0.2) is 42.6 Å². The molecule has 1 atom stereocenters. The average Bonchev–Trinajstić information content (AvgIpc) is 3.07. The average molecular weight is 696 g/mol. The van der Waals surface area contributed by atoms with Gasteiger partial charge in [-0.1, -0.05) is 58.0 Å². The van der Waals surface area contributed by atoms with Gasteiger partial charge in [0.25, 0.3) is 0 Å². The second-order valence-electron chi connectivity index (χ2n) is 13.0. The van der Waals surface area contributed by atoms with Crippen LogP contribution in [0, 0.1) is 0 Å². The lowest BCUT2D eigenvalue weighted by Crippen LogP contribution is -2.22. The molecule has 0 bridgehead atoms. The van der Waals surface area contributed by atoms with Crippen LogP contribution in [0.25, 0.3) is 10.8 Å². The van der Waals surface area contributed by atoms with Crippen LogP contribution in [0.1, 0.15) is 61.3 Å². The van der Waals surface area contributed by atoms with Crippen molar-refractivity contribution in [2.75, 3.05) is 31.5 Å². The van der Waals surface area contributed by atoms with Crippen molar-refractivity contribution in [2.45, 2.75) is 46.0 Å². The van der Waals surface area contributed by atoms with E-state index >= 15 is 0 Å². The van der Waals surface area contributed by atoms with Gasteiger partial charge in [0.05, 0.1) is 36.5 Å². The fourth-order valence-corrected chi connectivity index (χ4v) is 6.56. The molecule has 10 nitrogen and oxygen atoms in total. The van der Waals surface area contributed by atoms with E-state index in [0.717, 1.165) is 27.6 Å². The normalized spacial score (nSPS) is 12.6. The Bertz CT molecular complexity index is 2120. The number of hydrogen-bond donors (Lipinski definition) is 3. The molecule has 0 fully saturated rings. The molecule has 0 spiro atoms. The minimum absolute atomic E-state index is 0.0784. The van der Waals surface area contributed by atoms with Gasteiger partial charge in [0.15, 0.2) is 11.5 Å². The molecule has 1 unspecified atom stereocenters. The summed E-state index contributed by atoms with van der Waals surface area (Å²) >= 11 is 0. The Balaban J connectivity index is 1.38. The van der Waals surface area contributed by atoms with Crippen molar-refractivity contribution in [3.8, 4) is 23.0 Å². The van der Waals surface area contributed by atoms with Gasteiger partial charge in [0.1, 0.15) is 17.2 Å². The summed E-state index contributed by atoms with van der Waals surface area (Å²) in [6.45, 7) is 9.21. The number of nitrogens with zero attached hydrogens (tertiary/aromatic N) is 1. The molecule has 0 aliphatic rings. The second-order valence-corrected chi connectivity index (χ2v) is 15.3. The maximum Gasteiger partial charge on any atom is 0.323 e. The molecule has 5 aromatic rings. The van der Waals surface area contributed by atoms with Crippen molar-refractivity contribution in [1.29, 1.82) is 0 Å². The summed E-state index contributed by atoms with van der Waals surface area (Å²) in [6.07, 6.45) is 2.41. The van der Waals surface area contributed by atoms with E-state index in [1.54, 1.807) is 49.5 Å². The zero-order valence-corrected chi connectivity index (χ0v) is 30.2. The Kier molecular flexibility index (Phi) is 10.6. The first kappa shape index (κ1) is 36.1. The van der Waals surface area contributed by atoms with Gasteiger partial charge in [-0.3, -0.25) is 14.3 Å². The molecule has 0 radical (unpaired) electrons. The summed E-state index contributed by atoms with van der Waals surface area (Å²) in [5, 5.41) is 7.67. The lowest BCUT2D eigenvalue weighted by atomic mass is 9.85. The van der Waals surface area contributed by atoms with Gasteiger partial charge in [-0.15, -0.1) is 0 Å². The van der Waals surface area contributed by atoms with E-state index in [-0.39, 0.29) is 16.5 Å². The number of carbonyl (C=O) groups excluding carboxylic acids is 2. The first-order valence-electron chi connectivity index (χ1n) is 16.2. The number of fused-ring (bicyclic) bond motifs is 1. The molecule has 5 rings (SSSR count). The van der Waals surface area contributed by atoms with Crippen LogP contribution in [0.3, 0.4) is 0 Å². The first-order valence-corrected chi connectivity index (χ1v) is 18.3. The molecule has 3 N–H and O–H groups in total. The maximum absolute atomic E-state index is 13.4. The third kappa shape index (κ3) is 8.16. The highest BCUT2D eigenvalue weighted by Crippen LogP contribution is 2.39. The van der Waals surface area contributed by atoms with Crippen molar-refractivity contribution in [1.82, 2.24) is 4.98 Å². The minimum atomic E-state index is -3.49. The van der Waals surface area contributed by atoms with E-state index in [1.807, 2.05) is 63.2 Å². The fourth-order valence-electron chi connectivity index (χ4n) is 5.64. The van der Waals surface area contributed by atoms with Crippen molar-refractivity contribution in [3.63, 3.8) is 0 Å². The zero-order valence-electron chi connectivity index (χ0n) is 29.3. The molecule has 0 saturated heterocycles. The topological polar surface area (TPSA) is 136 Å². The summed E-state index contributed by atoms with van der Waals surface area (Å²) in [4.78, 5) is 40.8. The van der Waals surface area contributed by atoms with Gasteiger partial charge in [0.2, 0.25) is 7.37 Å². The van der Waals surface area contributed by atoms with Gasteiger partial charge >= 0.3 is 6.03 Å². The van der Waals surface area contributed by atoms with Crippen molar-refractivity contribution < 1.29 is 33.3 Å². The van der Waals surface area contributed by atoms with E-state index in [2.05, 4.69) is 15.6 Å². The number of hydrogen-bond acceptors (Lipinski definition) is 7. The SMILES string of the molecule is CCC(=O)c1cc(C(C)(C)C)cc(NC(=O)Nc2ccc(Oc3ccnc(Cc4ccc(P(C)(=O)O)c(OC)c4)c3)c3ccccc23)c1OC. The molecule has 0 saturated carbocycles. The van der Waals surface area contributed by atoms with E-state index < -0.39 is 13.4 Å². The molecular formula is C39H42N3O7P.